The molecule has 0 radical (unpaired) electrons. The Morgan fingerprint density at radius 2 is 2.26 bits per heavy atom. The fourth-order valence-corrected chi connectivity index (χ4v) is 1.81. The largest absolute Gasteiger partial charge is 0.469 e. The number of carbonyl (C=O) groups is 1. The number of ether oxygens (including phenoxy) is 1. The van der Waals surface area contributed by atoms with Gasteiger partial charge in [0.25, 0.3) is 0 Å². The number of hydrogen-bond acceptors (Lipinski definition) is 6. The maximum Gasteiger partial charge on any atom is 0.314 e. The van der Waals surface area contributed by atoms with Crippen LogP contribution in [0.5, 0.6) is 0 Å². The third-order valence-electron chi connectivity index (χ3n) is 2.80. The van der Waals surface area contributed by atoms with Crippen LogP contribution in [0.3, 0.4) is 0 Å². The van der Waals surface area contributed by atoms with Gasteiger partial charge < -0.3 is 9.64 Å². The van der Waals surface area contributed by atoms with Gasteiger partial charge in [0.1, 0.15) is 0 Å². The summed E-state index contributed by atoms with van der Waals surface area (Å²) in [4.78, 5) is 27.6. The van der Waals surface area contributed by atoms with E-state index in [1.54, 1.807) is 31.9 Å². The van der Waals surface area contributed by atoms with E-state index in [-0.39, 0.29) is 17.5 Å². The monoisotopic (exact) mass is 267 g/mol. The van der Waals surface area contributed by atoms with E-state index >= 15 is 0 Å². The molecule has 1 aromatic heterocycles. The van der Waals surface area contributed by atoms with Crippen LogP contribution >= 0.6 is 0 Å². The Morgan fingerprint density at radius 3 is 2.79 bits per heavy atom. The van der Waals surface area contributed by atoms with Crippen LogP contribution in [0.4, 0.5) is 11.5 Å². The van der Waals surface area contributed by atoms with Gasteiger partial charge in [0.05, 0.1) is 18.0 Å². The number of aromatic nitrogens is 1. The zero-order chi connectivity index (χ0) is 14.6. The van der Waals surface area contributed by atoms with E-state index in [4.69, 9.17) is 0 Å². The van der Waals surface area contributed by atoms with E-state index in [1.165, 1.54) is 13.3 Å². The highest BCUT2D eigenvalue weighted by molar-refractivity contribution is 5.73. The van der Waals surface area contributed by atoms with Gasteiger partial charge in [-0.15, -0.1) is 0 Å². The molecule has 0 spiro atoms. The molecule has 7 nitrogen and oxygen atoms in total. The van der Waals surface area contributed by atoms with Crippen molar-refractivity contribution in [3.63, 3.8) is 0 Å². The van der Waals surface area contributed by atoms with Gasteiger partial charge in [-0.2, -0.15) is 0 Å². The number of pyridine rings is 1. The molecular formula is C12H17N3O4. The molecule has 104 valence electrons. The SMILES string of the molecule is COC(=O)C(C)CN(C)c1nccc(C)c1[N+](=O)[O-]. The van der Waals surface area contributed by atoms with Crippen LogP contribution in [-0.2, 0) is 9.53 Å². The highest BCUT2D eigenvalue weighted by atomic mass is 16.6. The van der Waals surface area contributed by atoms with Gasteiger partial charge in [0.15, 0.2) is 0 Å². The Bertz CT molecular complexity index is 490. The fraction of sp³-hybridized carbons (Fsp3) is 0.500. The van der Waals surface area contributed by atoms with Crippen molar-refractivity contribution in [1.29, 1.82) is 0 Å². The minimum absolute atomic E-state index is 0.0398. The highest BCUT2D eigenvalue weighted by Crippen LogP contribution is 2.28. The normalized spacial score (nSPS) is 11.8. The van der Waals surface area contributed by atoms with Crippen LogP contribution in [-0.4, -0.2) is 36.6 Å². The molecule has 1 heterocycles. The van der Waals surface area contributed by atoms with Gasteiger partial charge in [-0.1, -0.05) is 6.92 Å². The first-order chi connectivity index (χ1) is 8.88. The minimum Gasteiger partial charge on any atom is -0.469 e. The van der Waals surface area contributed by atoms with Crippen molar-refractivity contribution in [3.05, 3.63) is 27.9 Å². The standard InChI is InChI=1S/C12H17N3O4/c1-8-5-6-13-11(10(8)15(17)18)14(3)7-9(2)12(16)19-4/h5-6,9H,7H2,1-4H3. The predicted octanol–water partition coefficient (Wildman–Crippen LogP) is 1.54. The summed E-state index contributed by atoms with van der Waals surface area (Å²) < 4.78 is 4.63. The van der Waals surface area contributed by atoms with E-state index < -0.39 is 10.8 Å². The predicted molar refractivity (Wildman–Crippen MR) is 70.1 cm³/mol. The third kappa shape index (κ3) is 3.40. The highest BCUT2D eigenvalue weighted by Gasteiger charge is 2.24. The molecule has 0 aliphatic carbocycles. The summed E-state index contributed by atoms with van der Waals surface area (Å²) in [6.45, 7) is 3.65. The fourth-order valence-electron chi connectivity index (χ4n) is 1.81. The van der Waals surface area contributed by atoms with Crippen LogP contribution < -0.4 is 4.90 Å². The number of rotatable bonds is 5. The molecule has 0 aliphatic heterocycles. The first-order valence-electron chi connectivity index (χ1n) is 5.77. The summed E-state index contributed by atoms with van der Waals surface area (Å²) in [5, 5.41) is 11.1. The zero-order valence-corrected chi connectivity index (χ0v) is 11.4. The van der Waals surface area contributed by atoms with Gasteiger partial charge >= 0.3 is 11.7 Å². The van der Waals surface area contributed by atoms with Crippen LogP contribution in [0.25, 0.3) is 0 Å². The average molecular weight is 267 g/mol. The molecule has 0 aliphatic rings. The van der Waals surface area contributed by atoms with Gasteiger partial charge in [0, 0.05) is 25.4 Å². The maximum atomic E-state index is 11.4. The molecule has 19 heavy (non-hydrogen) atoms. The summed E-state index contributed by atoms with van der Waals surface area (Å²) in [5.41, 5.74) is 0.495. The lowest BCUT2D eigenvalue weighted by Crippen LogP contribution is -2.30. The quantitative estimate of drug-likeness (QED) is 0.457. The van der Waals surface area contributed by atoms with Gasteiger partial charge in [0.2, 0.25) is 5.82 Å². The number of aryl methyl sites for hydroxylation is 1. The van der Waals surface area contributed by atoms with E-state index in [2.05, 4.69) is 9.72 Å². The number of carbonyl (C=O) groups excluding carboxylic acids is 1. The Kier molecular flexibility index (Phi) is 4.80. The Morgan fingerprint density at radius 1 is 1.63 bits per heavy atom. The summed E-state index contributed by atoms with van der Waals surface area (Å²) in [5.74, 6) is -0.500. The lowest BCUT2D eigenvalue weighted by molar-refractivity contribution is -0.384. The lowest BCUT2D eigenvalue weighted by Gasteiger charge is -2.21. The molecule has 0 amide bonds. The van der Waals surface area contributed by atoms with Crippen molar-refractivity contribution in [2.75, 3.05) is 25.6 Å². The van der Waals surface area contributed by atoms with E-state index in [9.17, 15) is 14.9 Å². The number of esters is 1. The molecule has 1 unspecified atom stereocenters. The number of nitro groups is 1. The molecule has 0 saturated carbocycles. The van der Waals surface area contributed by atoms with Gasteiger partial charge in [-0.25, -0.2) is 4.98 Å². The van der Waals surface area contributed by atoms with Crippen molar-refractivity contribution in [2.24, 2.45) is 5.92 Å². The lowest BCUT2D eigenvalue weighted by atomic mass is 10.1. The first kappa shape index (κ1) is 14.9. The Labute approximate surface area is 111 Å². The number of nitrogens with zero attached hydrogens (tertiary/aromatic N) is 3. The summed E-state index contributed by atoms with van der Waals surface area (Å²) in [6, 6.07) is 1.58. The van der Waals surface area contributed by atoms with Crippen molar-refractivity contribution in [3.8, 4) is 0 Å². The molecule has 1 atom stereocenters. The zero-order valence-electron chi connectivity index (χ0n) is 11.4. The summed E-state index contributed by atoms with van der Waals surface area (Å²) >= 11 is 0. The van der Waals surface area contributed by atoms with Crippen molar-refractivity contribution in [1.82, 2.24) is 4.98 Å². The second kappa shape index (κ2) is 6.12. The first-order valence-corrected chi connectivity index (χ1v) is 5.77. The minimum atomic E-state index is -0.461. The van der Waals surface area contributed by atoms with Crippen molar-refractivity contribution in [2.45, 2.75) is 13.8 Å². The van der Waals surface area contributed by atoms with E-state index in [1.807, 2.05) is 0 Å². The smallest absolute Gasteiger partial charge is 0.314 e. The topological polar surface area (TPSA) is 85.6 Å². The third-order valence-corrected chi connectivity index (χ3v) is 2.80. The van der Waals surface area contributed by atoms with E-state index in [0.717, 1.165) is 0 Å². The second-order valence-corrected chi connectivity index (χ2v) is 4.36. The van der Waals surface area contributed by atoms with Crippen molar-refractivity contribution >= 4 is 17.5 Å². The van der Waals surface area contributed by atoms with Gasteiger partial charge in [-0.05, 0) is 13.0 Å². The van der Waals surface area contributed by atoms with E-state index in [0.29, 0.717) is 12.1 Å². The average Bonchev–Trinajstić information content (AvgIpc) is 2.36. The van der Waals surface area contributed by atoms with Crippen molar-refractivity contribution < 1.29 is 14.5 Å². The summed E-state index contributed by atoms with van der Waals surface area (Å²) in [7, 11) is 2.97. The Balaban J connectivity index is 3.00. The van der Waals surface area contributed by atoms with Crippen LogP contribution in [0.15, 0.2) is 12.3 Å². The molecule has 0 aromatic carbocycles. The van der Waals surface area contributed by atoms with Crippen LogP contribution in [0.1, 0.15) is 12.5 Å². The Hall–Kier alpha value is -2.18. The second-order valence-electron chi connectivity index (χ2n) is 4.36. The molecule has 0 saturated heterocycles. The molecular weight excluding hydrogens is 250 g/mol. The number of anilines is 1. The molecule has 0 bridgehead atoms. The van der Waals surface area contributed by atoms with Crippen LogP contribution in [0, 0.1) is 23.0 Å². The number of hydrogen-bond donors (Lipinski definition) is 0. The van der Waals surface area contributed by atoms with Crippen LogP contribution in [0.2, 0.25) is 0 Å². The molecule has 1 rings (SSSR count). The molecule has 0 N–H and O–H groups in total. The number of methoxy groups -OCH3 is 1. The molecule has 1 aromatic rings. The molecule has 7 heteroatoms. The van der Waals surface area contributed by atoms with Gasteiger partial charge in [-0.3, -0.25) is 14.9 Å². The molecule has 0 fully saturated rings. The summed E-state index contributed by atoms with van der Waals surface area (Å²) in [6.07, 6.45) is 1.51. The maximum absolute atomic E-state index is 11.4.